The van der Waals surface area contributed by atoms with E-state index in [0.717, 1.165) is 18.2 Å². The third-order valence-electron chi connectivity index (χ3n) is 1.85. The molecule has 1 aliphatic heterocycles. The lowest BCUT2D eigenvalue weighted by molar-refractivity contribution is -0.120. The number of hydrogen-bond acceptors (Lipinski definition) is 3. The Hall–Kier alpha value is -0.0200. The number of carbonyl (C=O) groups excluding carboxylic acids is 1. The zero-order valence-corrected chi connectivity index (χ0v) is 7.28. The van der Waals surface area contributed by atoms with Crippen molar-refractivity contribution in [1.82, 2.24) is 4.90 Å². The molecule has 2 nitrogen and oxygen atoms in total. The first-order valence-corrected chi connectivity index (χ1v) is 4.73. The standard InChI is InChI=1S/C7H13NOS/c1-3-8-5-10-4-7(8)6(2)9/h7H,3-5H2,1-2H3/t7-/m0/s1. The van der Waals surface area contributed by atoms with Gasteiger partial charge in [-0.05, 0) is 13.5 Å². The summed E-state index contributed by atoms with van der Waals surface area (Å²) in [5, 5.41) is 0. The van der Waals surface area contributed by atoms with E-state index in [9.17, 15) is 4.79 Å². The summed E-state index contributed by atoms with van der Waals surface area (Å²) in [6.45, 7) is 4.78. The van der Waals surface area contributed by atoms with Gasteiger partial charge in [0, 0.05) is 11.6 Å². The minimum Gasteiger partial charge on any atom is -0.298 e. The number of likely N-dealkylation sites (N-methyl/N-ethyl adjacent to an activating group) is 1. The van der Waals surface area contributed by atoms with Gasteiger partial charge in [0.25, 0.3) is 0 Å². The van der Waals surface area contributed by atoms with Crippen LogP contribution in [0.1, 0.15) is 13.8 Å². The quantitative estimate of drug-likeness (QED) is 0.599. The molecule has 0 aromatic carbocycles. The van der Waals surface area contributed by atoms with Crippen molar-refractivity contribution in [3.8, 4) is 0 Å². The lowest BCUT2D eigenvalue weighted by Crippen LogP contribution is -2.36. The van der Waals surface area contributed by atoms with Gasteiger partial charge in [-0.2, -0.15) is 0 Å². The van der Waals surface area contributed by atoms with E-state index in [-0.39, 0.29) is 6.04 Å². The number of nitrogens with zero attached hydrogens (tertiary/aromatic N) is 1. The second kappa shape index (κ2) is 3.39. The van der Waals surface area contributed by atoms with Gasteiger partial charge in [0.2, 0.25) is 0 Å². The van der Waals surface area contributed by atoms with Crippen LogP contribution in [0.3, 0.4) is 0 Å². The molecule has 1 saturated heterocycles. The highest BCUT2D eigenvalue weighted by Gasteiger charge is 2.26. The smallest absolute Gasteiger partial charge is 0.147 e. The van der Waals surface area contributed by atoms with Crippen molar-refractivity contribution in [2.75, 3.05) is 18.2 Å². The van der Waals surface area contributed by atoms with E-state index in [1.807, 2.05) is 11.8 Å². The van der Waals surface area contributed by atoms with Gasteiger partial charge in [-0.25, -0.2) is 0 Å². The molecule has 0 N–H and O–H groups in total. The molecule has 0 saturated carbocycles. The highest BCUT2D eigenvalue weighted by molar-refractivity contribution is 7.99. The molecule has 1 aliphatic rings. The fourth-order valence-electron chi connectivity index (χ4n) is 1.16. The number of carbonyl (C=O) groups is 1. The number of rotatable bonds is 2. The van der Waals surface area contributed by atoms with Crippen LogP contribution in [-0.2, 0) is 4.79 Å². The van der Waals surface area contributed by atoms with Crippen molar-refractivity contribution in [2.45, 2.75) is 19.9 Å². The molecular weight excluding hydrogens is 146 g/mol. The summed E-state index contributed by atoms with van der Waals surface area (Å²) in [7, 11) is 0. The van der Waals surface area contributed by atoms with Crippen molar-refractivity contribution >= 4 is 17.5 Å². The van der Waals surface area contributed by atoms with E-state index in [0.29, 0.717) is 5.78 Å². The van der Waals surface area contributed by atoms with Crippen LogP contribution in [0.5, 0.6) is 0 Å². The molecule has 0 aliphatic carbocycles. The Morgan fingerprint density at radius 3 is 2.90 bits per heavy atom. The highest BCUT2D eigenvalue weighted by Crippen LogP contribution is 2.20. The molecule has 10 heavy (non-hydrogen) atoms. The fourth-order valence-corrected chi connectivity index (χ4v) is 2.53. The van der Waals surface area contributed by atoms with Crippen molar-refractivity contribution in [3.63, 3.8) is 0 Å². The van der Waals surface area contributed by atoms with Crippen LogP contribution in [-0.4, -0.2) is 34.9 Å². The number of ketones is 1. The van der Waals surface area contributed by atoms with E-state index in [2.05, 4.69) is 11.8 Å². The van der Waals surface area contributed by atoms with Crippen LogP contribution < -0.4 is 0 Å². The maximum atomic E-state index is 11.0. The Bertz CT molecular complexity index is 138. The molecule has 0 spiro atoms. The number of Topliss-reactive ketones (excluding diaryl/α,β-unsaturated/α-hetero) is 1. The zero-order valence-electron chi connectivity index (χ0n) is 6.46. The first-order valence-electron chi connectivity index (χ1n) is 3.58. The normalized spacial score (nSPS) is 27.2. The summed E-state index contributed by atoms with van der Waals surface area (Å²) in [5.41, 5.74) is 0. The summed E-state index contributed by atoms with van der Waals surface area (Å²) in [5.74, 6) is 2.33. The van der Waals surface area contributed by atoms with Crippen molar-refractivity contribution < 1.29 is 4.79 Å². The van der Waals surface area contributed by atoms with Gasteiger partial charge in [-0.1, -0.05) is 6.92 Å². The van der Waals surface area contributed by atoms with Crippen molar-refractivity contribution in [2.24, 2.45) is 0 Å². The Balaban J connectivity index is 2.50. The second-order valence-corrected chi connectivity index (χ2v) is 3.53. The first-order chi connectivity index (χ1) is 4.75. The van der Waals surface area contributed by atoms with E-state index < -0.39 is 0 Å². The summed E-state index contributed by atoms with van der Waals surface area (Å²) < 4.78 is 0. The minimum absolute atomic E-state index is 0.204. The van der Waals surface area contributed by atoms with Crippen molar-refractivity contribution in [3.05, 3.63) is 0 Å². The summed E-state index contributed by atoms with van der Waals surface area (Å²) in [4.78, 5) is 13.2. The van der Waals surface area contributed by atoms with Crippen LogP contribution in [0.4, 0.5) is 0 Å². The van der Waals surface area contributed by atoms with Crippen molar-refractivity contribution in [1.29, 1.82) is 0 Å². The molecule has 58 valence electrons. The molecule has 0 aromatic rings. The third-order valence-corrected chi connectivity index (χ3v) is 2.91. The Morgan fingerprint density at radius 1 is 1.80 bits per heavy atom. The summed E-state index contributed by atoms with van der Waals surface area (Å²) in [6, 6.07) is 0.204. The molecule has 0 unspecified atom stereocenters. The van der Waals surface area contributed by atoms with Gasteiger partial charge in [-0.15, -0.1) is 11.8 Å². The zero-order chi connectivity index (χ0) is 7.56. The highest BCUT2D eigenvalue weighted by atomic mass is 32.2. The second-order valence-electron chi connectivity index (χ2n) is 2.53. The summed E-state index contributed by atoms with van der Waals surface area (Å²) in [6.07, 6.45) is 0. The lowest BCUT2D eigenvalue weighted by atomic mass is 10.2. The minimum atomic E-state index is 0.204. The van der Waals surface area contributed by atoms with E-state index in [4.69, 9.17) is 0 Å². The third kappa shape index (κ3) is 1.52. The van der Waals surface area contributed by atoms with Gasteiger partial charge in [0.1, 0.15) is 5.78 Å². The lowest BCUT2D eigenvalue weighted by Gasteiger charge is -2.18. The average Bonchev–Trinajstić information content (AvgIpc) is 2.33. The Kier molecular flexibility index (Phi) is 2.74. The monoisotopic (exact) mass is 159 g/mol. The van der Waals surface area contributed by atoms with Crippen LogP contribution in [0.15, 0.2) is 0 Å². The molecule has 1 rings (SSSR count). The maximum Gasteiger partial charge on any atom is 0.147 e. The fraction of sp³-hybridized carbons (Fsp3) is 0.857. The Labute approximate surface area is 66.0 Å². The number of thioether (sulfide) groups is 1. The van der Waals surface area contributed by atoms with E-state index in [1.54, 1.807) is 6.92 Å². The van der Waals surface area contributed by atoms with Crippen LogP contribution >= 0.6 is 11.8 Å². The predicted molar refractivity (Wildman–Crippen MR) is 44.2 cm³/mol. The van der Waals surface area contributed by atoms with E-state index in [1.165, 1.54) is 0 Å². The van der Waals surface area contributed by atoms with Crippen LogP contribution in [0, 0.1) is 0 Å². The first kappa shape index (κ1) is 8.08. The van der Waals surface area contributed by atoms with Crippen LogP contribution in [0.25, 0.3) is 0 Å². The molecule has 0 aromatic heterocycles. The molecule has 1 fully saturated rings. The summed E-state index contributed by atoms with van der Waals surface area (Å²) >= 11 is 1.85. The predicted octanol–water partition coefficient (Wildman–Crippen LogP) is 0.970. The molecule has 0 amide bonds. The molecule has 3 heteroatoms. The van der Waals surface area contributed by atoms with Gasteiger partial charge < -0.3 is 0 Å². The maximum absolute atomic E-state index is 11.0. The van der Waals surface area contributed by atoms with Gasteiger partial charge in [-0.3, -0.25) is 9.69 Å². The van der Waals surface area contributed by atoms with Crippen LogP contribution in [0.2, 0.25) is 0 Å². The topological polar surface area (TPSA) is 20.3 Å². The van der Waals surface area contributed by atoms with Gasteiger partial charge >= 0.3 is 0 Å². The molecule has 1 heterocycles. The average molecular weight is 159 g/mol. The Morgan fingerprint density at radius 2 is 2.50 bits per heavy atom. The SMILES string of the molecule is CCN1CSC[C@H]1C(C)=O. The molecule has 0 radical (unpaired) electrons. The van der Waals surface area contributed by atoms with Gasteiger partial charge in [0.05, 0.1) is 6.04 Å². The largest absolute Gasteiger partial charge is 0.298 e. The number of hydrogen-bond donors (Lipinski definition) is 0. The molecule has 1 atom stereocenters. The van der Waals surface area contributed by atoms with Gasteiger partial charge in [0.15, 0.2) is 0 Å². The molecular formula is C7H13NOS. The molecule has 0 bridgehead atoms. The van der Waals surface area contributed by atoms with E-state index >= 15 is 0 Å².